The first-order valence-corrected chi connectivity index (χ1v) is 9.88. The van der Waals surface area contributed by atoms with Crippen LogP contribution in [0.5, 0.6) is 0 Å². The molecule has 148 valence electrons. The molecule has 8 nitrogen and oxygen atoms in total. The first-order valence-electron chi connectivity index (χ1n) is 9.88. The van der Waals surface area contributed by atoms with Gasteiger partial charge in [0.1, 0.15) is 6.54 Å². The highest BCUT2D eigenvalue weighted by atomic mass is 16.2. The number of nitrogens with zero attached hydrogens (tertiary/aromatic N) is 5. The fourth-order valence-corrected chi connectivity index (χ4v) is 3.61. The van der Waals surface area contributed by atoms with Gasteiger partial charge in [-0.25, -0.2) is 4.68 Å². The molecule has 3 heterocycles. The lowest BCUT2D eigenvalue weighted by Crippen LogP contribution is -2.43. The van der Waals surface area contributed by atoms with Gasteiger partial charge in [-0.15, -0.1) is 0 Å². The Labute approximate surface area is 159 Å². The lowest BCUT2D eigenvalue weighted by molar-refractivity contribution is -0.136. The maximum Gasteiger partial charge on any atom is 0.269 e. The van der Waals surface area contributed by atoms with E-state index in [9.17, 15) is 14.4 Å². The molecule has 2 saturated heterocycles. The number of anilines is 1. The van der Waals surface area contributed by atoms with E-state index in [0.717, 1.165) is 51.0 Å². The topological polar surface area (TPSA) is 78.8 Å². The minimum absolute atomic E-state index is 0.0798. The number of carbonyl (C=O) groups is 2. The molecule has 8 heteroatoms. The molecule has 0 radical (unpaired) electrons. The number of amides is 2. The molecule has 1 aromatic rings. The third kappa shape index (κ3) is 5.08. The van der Waals surface area contributed by atoms with Gasteiger partial charge in [0, 0.05) is 52.3 Å². The van der Waals surface area contributed by atoms with Gasteiger partial charge in [0.2, 0.25) is 11.8 Å². The fourth-order valence-electron chi connectivity index (χ4n) is 3.61. The van der Waals surface area contributed by atoms with Crippen molar-refractivity contribution in [1.29, 1.82) is 0 Å². The van der Waals surface area contributed by atoms with Crippen LogP contribution in [0.1, 0.15) is 38.5 Å². The van der Waals surface area contributed by atoms with Crippen molar-refractivity contribution in [3.05, 3.63) is 22.6 Å². The highest BCUT2D eigenvalue weighted by Gasteiger charge is 2.19. The smallest absolute Gasteiger partial charge is 0.269 e. The van der Waals surface area contributed by atoms with Gasteiger partial charge in [-0.2, -0.15) is 5.10 Å². The lowest BCUT2D eigenvalue weighted by Gasteiger charge is -2.29. The minimum atomic E-state index is -0.258. The second-order valence-electron chi connectivity index (χ2n) is 7.41. The second-order valence-corrected chi connectivity index (χ2v) is 7.41. The van der Waals surface area contributed by atoms with Crippen molar-refractivity contribution in [3.8, 4) is 0 Å². The molecular formula is C19H29N5O3. The molecule has 0 N–H and O–H groups in total. The molecule has 0 aliphatic carbocycles. The summed E-state index contributed by atoms with van der Waals surface area (Å²) in [5.41, 5.74) is 0.575. The third-order valence-electron chi connectivity index (χ3n) is 5.41. The maximum atomic E-state index is 12.4. The molecule has 0 spiro atoms. The quantitative estimate of drug-likeness (QED) is 0.732. The Morgan fingerprint density at radius 1 is 1.11 bits per heavy atom. The number of aromatic nitrogens is 2. The summed E-state index contributed by atoms with van der Waals surface area (Å²) in [6.07, 6.45) is 7.73. The van der Waals surface area contributed by atoms with E-state index in [-0.39, 0.29) is 23.9 Å². The predicted octanol–water partition coefficient (Wildman–Crippen LogP) is 0.705. The van der Waals surface area contributed by atoms with E-state index >= 15 is 0 Å². The number of rotatable bonds is 6. The Balaban J connectivity index is 1.53. The number of carbonyl (C=O) groups excluding carboxylic acids is 2. The van der Waals surface area contributed by atoms with Gasteiger partial charge >= 0.3 is 0 Å². The van der Waals surface area contributed by atoms with Gasteiger partial charge in [-0.3, -0.25) is 14.4 Å². The van der Waals surface area contributed by atoms with Gasteiger partial charge in [-0.1, -0.05) is 0 Å². The second kappa shape index (κ2) is 9.01. The molecule has 2 aliphatic heterocycles. The minimum Gasteiger partial charge on any atom is -0.370 e. The van der Waals surface area contributed by atoms with Crippen molar-refractivity contribution in [2.75, 3.05) is 44.7 Å². The molecule has 0 atom stereocenters. The van der Waals surface area contributed by atoms with E-state index in [4.69, 9.17) is 0 Å². The Morgan fingerprint density at radius 2 is 1.85 bits per heavy atom. The summed E-state index contributed by atoms with van der Waals surface area (Å²) in [4.78, 5) is 42.1. The van der Waals surface area contributed by atoms with Crippen LogP contribution in [0, 0.1) is 0 Å². The van der Waals surface area contributed by atoms with Crippen LogP contribution < -0.4 is 10.5 Å². The van der Waals surface area contributed by atoms with Gasteiger partial charge in [-0.05, 0) is 32.1 Å². The van der Waals surface area contributed by atoms with E-state index in [1.165, 1.54) is 11.1 Å². The van der Waals surface area contributed by atoms with Crippen molar-refractivity contribution >= 4 is 17.5 Å². The summed E-state index contributed by atoms with van der Waals surface area (Å²) in [7, 11) is 1.70. The molecule has 2 aliphatic rings. The molecule has 3 rings (SSSR count). The van der Waals surface area contributed by atoms with Crippen LogP contribution in [0.2, 0.25) is 0 Å². The van der Waals surface area contributed by atoms with Crippen LogP contribution in [0.4, 0.5) is 5.69 Å². The molecule has 0 unspecified atom stereocenters. The zero-order valence-electron chi connectivity index (χ0n) is 16.1. The Morgan fingerprint density at radius 3 is 2.56 bits per heavy atom. The number of hydrogen-bond donors (Lipinski definition) is 0. The first-order chi connectivity index (χ1) is 13.0. The largest absolute Gasteiger partial charge is 0.370 e. The lowest BCUT2D eigenvalue weighted by atomic mass is 10.1. The molecule has 2 fully saturated rings. The van der Waals surface area contributed by atoms with E-state index in [2.05, 4.69) is 10.00 Å². The molecule has 0 saturated carbocycles. The van der Waals surface area contributed by atoms with Crippen molar-refractivity contribution in [3.63, 3.8) is 0 Å². The summed E-state index contributed by atoms with van der Waals surface area (Å²) < 4.78 is 1.21. The van der Waals surface area contributed by atoms with Crippen molar-refractivity contribution < 1.29 is 9.59 Å². The summed E-state index contributed by atoms with van der Waals surface area (Å²) in [5, 5.41) is 4.19. The maximum absolute atomic E-state index is 12.4. The van der Waals surface area contributed by atoms with E-state index in [1.807, 2.05) is 4.90 Å². The Kier molecular flexibility index (Phi) is 6.47. The van der Waals surface area contributed by atoms with Crippen LogP contribution in [-0.2, 0) is 16.1 Å². The number of hydrogen-bond acceptors (Lipinski definition) is 5. The van der Waals surface area contributed by atoms with Gasteiger partial charge in [0.25, 0.3) is 5.56 Å². The van der Waals surface area contributed by atoms with Crippen LogP contribution in [0.3, 0.4) is 0 Å². The normalized spacial score (nSPS) is 17.9. The molecule has 0 aromatic carbocycles. The monoisotopic (exact) mass is 375 g/mol. The van der Waals surface area contributed by atoms with Crippen LogP contribution in [0.25, 0.3) is 0 Å². The van der Waals surface area contributed by atoms with Gasteiger partial charge in [0.15, 0.2) is 0 Å². The Bertz CT molecular complexity index is 726. The van der Waals surface area contributed by atoms with Crippen molar-refractivity contribution in [2.24, 2.45) is 0 Å². The summed E-state index contributed by atoms with van der Waals surface area (Å²) in [5.74, 6) is -0.0203. The fraction of sp³-hybridized carbons (Fsp3) is 0.684. The van der Waals surface area contributed by atoms with Crippen molar-refractivity contribution in [1.82, 2.24) is 19.6 Å². The average Bonchev–Trinajstić information content (AvgIpc) is 2.69. The van der Waals surface area contributed by atoms with Gasteiger partial charge in [0.05, 0.1) is 11.9 Å². The van der Waals surface area contributed by atoms with Crippen LogP contribution in [-0.4, -0.2) is 71.2 Å². The summed E-state index contributed by atoms with van der Waals surface area (Å²) in [6, 6.07) is 1.57. The zero-order valence-corrected chi connectivity index (χ0v) is 16.1. The predicted molar refractivity (Wildman–Crippen MR) is 103 cm³/mol. The van der Waals surface area contributed by atoms with Crippen LogP contribution in [0.15, 0.2) is 17.1 Å². The molecule has 1 aromatic heterocycles. The van der Waals surface area contributed by atoms with Crippen LogP contribution >= 0.6 is 0 Å². The molecule has 27 heavy (non-hydrogen) atoms. The Hall–Kier alpha value is -2.38. The molecular weight excluding hydrogens is 346 g/mol. The highest BCUT2D eigenvalue weighted by molar-refractivity contribution is 5.77. The zero-order chi connectivity index (χ0) is 19.2. The first kappa shape index (κ1) is 19.4. The van der Waals surface area contributed by atoms with E-state index in [0.29, 0.717) is 19.5 Å². The highest BCUT2D eigenvalue weighted by Crippen LogP contribution is 2.16. The molecule has 2 amide bonds. The molecule has 0 bridgehead atoms. The number of likely N-dealkylation sites (N-methyl/N-ethyl adjacent to an activating group) is 1. The number of likely N-dealkylation sites (tertiary alicyclic amines) is 1. The average molecular weight is 375 g/mol. The summed E-state index contributed by atoms with van der Waals surface area (Å²) in [6.45, 7) is 3.58. The van der Waals surface area contributed by atoms with E-state index < -0.39 is 0 Å². The van der Waals surface area contributed by atoms with Gasteiger partial charge < -0.3 is 14.7 Å². The standard InChI is InChI=1S/C19H29N5O3/c1-21(11-12-23-10-6-3-7-17(23)25)19(27)15-24-18(26)13-16(14-20-24)22-8-4-2-5-9-22/h13-14H,2-12,15H2,1H3. The van der Waals surface area contributed by atoms with Crippen molar-refractivity contribution in [2.45, 2.75) is 45.1 Å². The number of piperidine rings is 2. The summed E-state index contributed by atoms with van der Waals surface area (Å²) >= 11 is 0. The SMILES string of the molecule is CN(CCN1CCCCC1=O)C(=O)Cn1ncc(N2CCCCC2)cc1=O. The van der Waals surface area contributed by atoms with E-state index in [1.54, 1.807) is 24.2 Å². The third-order valence-corrected chi connectivity index (χ3v) is 5.41.